The van der Waals surface area contributed by atoms with Gasteiger partial charge in [-0.15, -0.1) is 0 Å². The maximum absolute atomic E-state index is 10.3. The molecule has 1 fully saturated rings. The van der Waals surface area contributed by atoms with Gasteiger partial charge in [-0.1, -0.05) is 13.0 Å². The Balaban J connectivity index is 2.01. The molecule has 1 aromatic heterocycles. The maximum Gasteiger partial charge on any atom is 0.0827 e. The number of nitrogens with zero attached hydrogens (tertiary/aromatic N) is 1. The van der Waals surface area contributed by atoms with Gasteiger partial charge in [-0.3, -0.25) is 4.98 Å². The Labute approximate surface area is 96.9 Å². The molecule has 1 unspecified atom stereocenters. The summed E-state index contributed by atoms with van der Waals surface area (Å²) in [6.45, 7) is 3.82. The van der Waals surface area contributed by atoms with Crippen molar-refractivity contribution in [3.05, 3.63) is 29.6 Å². The van der Waals surface area contributed by atoms with E-state index in [1.54, 1.807) is 0 Å². The molecule has 0 radical (unpaired) electrons. The molecule has 0 aliphatic carbocycles. The van der Waals surface area contributed by atoms with E-state index >= 15 is 0 Å². The first-order valence-electron chi connectivity index (χ1n) is 6.09. The Morgan fingerprint density at radius 2 is 2.38 bits per heavy atom. The lowest BCUT2D eigenvalue weighted by molar-refractivity contribution is 0.0161. The molecule has 3 nitrogen and oxygen atoms in total. The van der Waals surface area contributed by atoms with Crippen LogP contribution in [-0.4, -0.2) is 28.8 Å². The molecule has 0 amide bonds. The third-order valence-corrected chi connectivity index (χ3v) is 3.25. The zero-order valence-electron chi connectivity index (χ0n) is 9.87. The van der Waals surface area contributed by atoms with E-state index in [0.29, 0.717) is 13.0 Å². The van der Waals surface area contributed by atoms with Crippen LogP contribution in [0.25, 0.3) is 0 Å². The Kier molecular flexibility index (Phi) is 3.56. The smallest absolute Gasteiger partial charge is 0.0827 e. The number of aromatic nitrogens is 1. The fourth-order valence-electron chi connectivity index (χ4n) is 2.21. The van der Waals surface area contributed by atoms with E-state index in [9.17, 15) is 5.11 Å². The molecule has 1 saturated heterocycles. The number of β-amino-alcohol motifs (C(OH)–C–C–N with tert-alkyl or cyclic N) is 1. The summed E-state index contributed by atoms with van der Waals surface area (Å²) in [6, 6.07) is 4.13. The normalized spacial score (nSPS) is 25.6. The third-order valence-electron chi connectivity index (χ3n) is 3.25. The van der Waals surface area contributed by atoms with Crippen molar-refractivity contribution in [2.45, 2.75) is 38.2 Å². The van der Waals surface area contributed by atoms with Crippen LogP contribution in [0.2, 0.25) is 0 Å². The minimum Gasteiger partial charge on any atom is -0.388 e. The third kappa shape index (κ3) is 2.80. The van der Waals surface area contributed by atoms with Gasteiger partial charge in [0.25, 0.3) is 0 Å². The number of nitrogens with one attached hydrogen (secondary N) is 1. The van der Waals surface area contributed by atoms with E-state index in [2.05, 4.69) is 23.3 Å². The predicted octanol–water partition coefficient (Wildman–Crippen LogP) is 1.30. The molecule has 2 rings (SSSR count). The molecule has 2 heterocycles. The van der Waals surface area contributed by atoms with E-state index in [1.165, 1.54) is 5.56 Å². The lowest BCUT2D eigenvalue weighted by Gasteiger charge is -2.32. The van der Waals surface area contributed by atoms with Gasteiger partial charge in [-0.25, -0.2) is 0 Å². The molecular weight excluding hydrogens is 200 g/mol. The van der Waals surface area contributed by atoms with Crippen molar-refractivity contribution in [3.63, 3.8) is 0 Å². The average Bonchev–Trinajstić information content (AvgIpc) is 2.30. The van der Waals surface area contributed by atoms with E-state index in [1.807, 2.05) is 12.3 Å². The number of rotatable bonds is 3. The van der Waals surface area contributed by atoms with Crippen molar-refractivity contribution in [1.29, 1.82) is 0 Å². The molecule has 3 heteroatoms. The second-order valence-corrected chi connectivity index (χ2v) is 4.69. The topological polar surface area (TPSA) is 45.1 Å². The number of piperidine rings is 1. The van der Waals surface area contributed by atoms with Crippen LogP contribution in [-0.2, 0) is 12.8 Å². The van der Waals surface area contributed by atoms with Crippen molar-refractivity contribution in [2.24, 2.45) is 0 Å². The van der Waals surface area contributed by atoms with Crippen LogP contribution in [0.1, 0.15) is 31.0 Å². The molecule has 0 saturated carbocycles. The van der Waals surface area contributed by atoms with Crippen LogP contribution in [0, 0.1) is 0 Å². The molecule has 88 valence electrons. The van der Waals surface area contributed by atoms with E-state index < -0.39 is 5.60 Å². The van der Waals surface area contributed by atoms with Gasteiger partial charge < -0.3 is 10.4 Å². The second-order valence-electron chi connectivity index (χ2n) is 4.69. The highest BCUT2D eigenvalue weighted by atomic mass is 16.3. The zero-order chi connectivity index (χ0) is 11.4. The lowest BCUT2D eigenvalue weighted by atomic mass is 9.89. The second kappa shape index (κ2) is 4.93. The van der Waals surface area contributed by atoms with E-state index in [4.69, 9.17) is 0 Å². The zero-order valence-corrected chi connectivity index (χ0v) is 9.87. The molecule has 1 aliphatic heterocycles. The summed E-state index contributed by atoms with van der Waals surface area (Å²) >= 11 is 0. The van der Waals surface area contributed by atoms with Crippen molar-refractivity contribution in [3.8, 4) is 0 Å². The number of hydrogen-bond donors (Lipinski definition) is 2. The number of pyridine rings is 1. The minimum absolute atomic E-state index is 0.598. The molecule has 0 bridgehead atoms. The highest BCUT2D eigenvalue weighted by Gasteiger charge is 2.29. The first-order valence-corrected chi connectivity index (χ1v) is 6.09. The molecule has 1 aromatic rings. The lowest BCUT2D eigenvalue weighted by Crippen LogP contribution is -2.47. The summed E-state index contributed by atoms with van der Waals surface area (Å²) in [6.07, 6.45) is 5.50. The molecule has 0 aromatic carbocycles. The van der Waals surface area contributed by atoms with Crippen molar-refractivity contribution in [1.82, 2.24) is 10.3 Å². The molecule has 16 heavy (non-hydrogen) atoms. The van der Waals surface area contributed by atoms with Gasteiger partial charge in [0.15, 0.2) is 0 Å². The highest BCUT2D eigenvalue weighted by Crippen LogP contribution is 2.20. The number of aryl methyl sites for hydroxylation is 1. The average molecular weight is 220 g/mol. The van der Waals surface area contributed by atoms with Gasteiger partial charge in [0, 0.05) is 24.9 Å². The van der Waals surface area contributed by atoms with Crippen LogP contribution in [0.15, 0.2) is 18.3 Å². The minimum atomic E-state index is -0.598. The fraction of sp³-hybridized carbons (Fsp3) is 0.615. The van der Waals surface area contributed by atoms with Crippen LogP contribution in [0.3, 0.4) is 0 Å². The number of aliphatic hydroxyl groups is 1. The predicted molar refractivity (Wildman–Crippen MR) is 64.4 cm³/mol. The summed E-state index contributed by atoms with van der Waals surface area (Å²) in [5, 5.41) is 13.6. The SMILES string of the molecule is CCc1ccc(CC2(O)CCCNC2)nc1. The van der Waals surface area contributed by atoms with Crippen LogP contribution in [0.5, 0.6) is 0 Å². The first-order chi connectivity index (χ1) is 7.72. The fourth-order valence-corrected chi connectivity index (χ4v) is 2.21. The summed E-state index contributed by atoms with van der Waals surface area (Å²) in [4.78, 5) is 4.40. The van der Waals surface area contributed by atoms with Gasteiger partial charge in [0.1, 0.15) is 0 Å². The summed E-state index contributed by atoms with van der Waals surface area (Å²) < 4.78 is 0. The molecular formula is C13H20N2O. The number of hydrogen-bond acceptors (Lipinski definition) is 3. The van der Waals surface area contributed by atoms with E-state index in [-0.39, 0.29) is 0 Å². The van der Waals surface area contributed by atoms with Gasteiger partial charge in [0.2, 0.25) is 0 Å². The van der Waals surface area contributed by atoms with Crippen molar-refractivity contribution < 1.29 is 5.11 Å². The molecule has 2 N–H and O–H groups in total. The van der Waals surface area contributed by atoms with Crippen LogP contribution in [0.4, 0.5) is 0 Å². The van der Waals surface area contributed by atoms with Gasteiger partial charge in [-0.2, -0.15) is 0 Å². The van der Waals surface area contributed by atoms with Gasteiger partial charge in [0.05, 0.1) is 5.60 Å². The summed E-state index contributed by atoms with van der Waals surface area (Å²) in [5.74, 6) is 0. The molecule has 1 atom stereocenters. The summed E-state index contributed by atoms with van der Waals surface area (Å²) in [7, 11) is 0. The van der Waals surface area contributed by atoms with Crippen molar-refractivity contribution in [2.75, 3.05) is 13.1 Å². The van der Waals surface area contributed by atoms with Crippen molar-refractivity contribution >= 4 is 0 Å². The monoisotopic (exact) mass is 220 g/mol. The van der Waals surface area contributed by atoms with E-state index in [0.717, 1.165) is 31.5 Å². The Bertz CT molecular complexity index is 328. The first kappa shape index (κ1) is 11.6. The standard InChI is InChI=1S/C13H20N2O/c1-2-11-4-5-12(15-9-11)8-13(16)6-3-7-14-10-13/h4-5,9,14,16H,2-3,6-8,10H2,1H3. The summed E-state index contributed by atoms with van der Waals surface area (Å²) in [5.41, 5.74) is 1.64. The molecule has 0 spiro atoms. The Morgan fingerprint density at radius 1 is 1.50 bits per heavy atom. The van der Waals surface area contributed by atoms with Crippen LogP contribution < -0.4 is 5.32 Å². The quantitative estimate of drug-likeness (QED) is 0.807. The van der Waals surface area contributed by atoms with Gasteiger partial charge in [-0.05, 0) is 37.4 Å². The van der Waals surface area contributed by atoms with Gasteiger partial charge >= 0.3 is 0 Å². The Morgan fingerprint density at radius 3 is 2.94 bits per heavy atom. The maximum atomic E-state index is 10.3. The largest absolute Gasteiger partial charge is 0.388 e. The Hall–Kier alpha value is -0.930. The molecule has 1 aliphatic rings. The van der Waals surface area contributed by atoms with Crippen LogP contribution >= 0.6 is 0 Å². The highest BCUT2D eigenvalue weighted by molar-refractivity contribution is 5.15.